The smallest absolute Gasteiger partial charge is 0.220 e. The molecule has 0 aliphatic rings. The molecule has 114 valence electrons. The molecule has 1 N–H and O–H groups in total. The summed E-state index contributed by atoms with van der Waals surface area (Å²) in [5.41, 5.74) is 2.47. The number of thiophene rings is 1. The molecule has 0 radical (unpaired) electrons. The number of amides is 1. The van der Waals surface area contributed by atoms with E-state index in [0.29, 0.717) is 13.0 Å². The fourth-order valence-corrected chi connectivity index (χ4v) is 3.27. The minimum absolute atomic E-state index is 0.111. The predicted molar refractivity (Wildman–Crippen MR) is 92.1 cm³/mol. The summed E-state index contributed by atoms with van der Waals surface area (Å²) in [4.78, 5) is 13.1. The van der Waals surface area contributed by atoms with Crippen molar-refractivity contribution in [2.45, 2.75) is 32.9 Å². The van der Waals surface area contributed by atoms with Gasteiger partial charge in [0, 0.05) is 29.6 Å². The number of rotatable bonds is 6. The molecule has 1 amide bonds. The quantitative estimate of drug-likeness (QED) is 0.734. The normalized spacial score (nSPS) is 11.0. The zero-order valence-electron chi connectivity index (χ0n) is 12.7. The lowest BCUT2D eigenvalue weighted by atomic mass is 10.1. The van der Waals surface area contributed by atoms with Gasteiger partial charge in [-0.05, 0) is 53.9 Å². The average Bonchev–Trinajstić information content (AvgIpc) is 3.19. The second-order valence-corrected chi connectivity index (χ2v) is 6.38. The topological polar surface area (TPSA) is 34.0 Å². The minimum atomic E-state index is 0.111. The Labute approximate surface area is 134 Å². The van der Waals surface area contributed by atoms with Crippen LogP contribution in [-0.2, 0) is 24.3 Å². The summed E-state index contributed by atoms with van der Waals surface area (Å²) < 4.78 is 2.23. The average molecular weight is 312 g/mol. The third kappa shape index (κ3) is 3.39. The largest absolute Gasteiger partial charge is 0.351 e. The first-order valence-electron chi connectivity index (χ1n) is 7.63. The summed E-state index contributed by atoms with van der Waals surface area (Å²) in [6.07, 6.45) is 3.43. The van der Waals surface area contributed by atoms with Gasteiger partial charge in [0.05, 0.1) is 6.54 Å². The number of carbonyl (C=O) groups excluding carboxylic acids is 1. The Bertz CT molecular complexity index is 759. The van der Waals surface area contributed by atoms with Gasteiger partial charge in [-0.25, -0.2) is 0 Å². The highest BCUT2D eigenvalue weighted by Crippen LogP contribution is 2.18. The zero-order valence-corrected chi connectivity index (χ0v) is 13.5. The molecule has 0 fully saturated rings. The van der Waals surface area contributed by atoms with E-state index in [0.717, 1.165) is 13.0 Å². The van der Waals surface area contributed by atoms with Crippen LogP contribution < -0.4 is 5.32 Å². The van der Waals surface area contributed by atoms with Crippen molar-refractivity contribution in [3.63, 3.8) is 0 Å². The number of hydrogen-bond acceptors (Lipinski definition) is 2. The van der Waals surface area contributed by atoms with Gasteiger partial charge in [0.25, 0.3) is 0 Å². The molecular weight excluding hydrogens is 292 g/mol. The van der Waals surface area contributed by atoms with Crippen LogP contribution in [0.25, 0.3) is 10.9 Å². The highest BCUT2D eigenvalue weighted by atomic mass is 32.1. The van der Waals surface area contributed by atoms with E-state index >= 15 is 0 Å². The molecule has 3 rings (SSSR count). The van der Waals surface area contributed by atoms with E-state index in [-0.39, 0.29) is 5.91 Å². The first kappa shape index (κ1) is 14.9. The van der Waals surface area contributed by atoms with Crippen LogP contribution in [0, 0.1) is 0 Å². The maximum Gasteiger partial charge on any atom is 0.220 e. The van der Waals surface area contributed by atoms with Crippen molar-refractivity contribution in [1.82, 2.24) is 9.88 Å². The molecule has 3 nitrogen and oxygen atoms in total. The van der Waals surface area contributed by atoms with Crippen molar-refractivity contribution in [2.24, 2.45) is 0 Å². The molecular formula is C18H20N2OS. The van der Waals surface area contributed by atoms with Gasteiger partial charge in [0.15, 0.2) is 0 Å². The number of nitrogens with one attached hydrogen (secondary N) is 1. The Morgan fingerprint density at radius 2 is 2.18 bits per heavy atom. The molecule has 1 aromatic carbocycles. The van der Waals surface area contributed by atoms with E-state index < -0.39 is 0 Å². The number of aryl methyl sites for hydroxylation is 2. The summed E-state index contributed by atoms with van der Waals surface area (Å²) in [6.45, 7) is 3.76. The van der Waals surface area contributed by atoms with Crippen LogP contribution >= 0.6 is 11.3 Å². The Morgan fingerprint density at radius 1 is 1.27 bits per heavy atom. The van der Waals surface area contributed by atoms with Crippen LogP contribution in [0.1, 0.15) is 23.8 Å². The van der Waals surface area contributed by atoms with Crippen LogP contribution in [0.2, 0.25) is 0 Å². The fourth-order valence-electron chi connectivity index (χ4n) is 2.63. The molecule has 0 spiro atoms. The Hall–Kier alpha value is -2.07. The number of carbonyl (C=O) groups is 1. The van der Waals surface area contributed by atoms with Gasteiger partial charge in [0.1, 0.15) is 0 Å². The van der Waals surface area contributed by atoms with Crippen molar-refractivity contribution >= 4 is 28.1 Å². The van der Waals surface area contributed by atoms with Crippen molar-refractivity contribution in [3.8, 4) is 0 Å². The van der Waals surface area contributed by atoms with Crippen LogP contribution in [0.5, 0.6) is 0 Å². The molecule has 0 aliphatic carbocycles. The predicted octanol–water partition coefficient (Wildman–Crippen LogP) is 3.97. The second-order valence-electron chi connectivity index (χ2n) is 5.35. The highest BCUT2D eigenvalue weighted by molar-refractivity contribution is 7.09. The van der Waals surface area contributed by atoms with Crippen molar-refractivity contribution < 1.29 is 4.79 Å². The lowest BCUT2D eigenvalue weighted by Crippen LogP contribution is -2.22. The molecule has 22 heavy (non-hydrogen) atoms. The molecule has 0 atom stereocenters. The van der Waals surface area contributed by atoms with Crippen molar-refractivity contribution in [2.75, 3.05) is 0 Å². The summed E-state index contributed by atoms with van der Waals surface area (Å²) >= 11 is 1.67. The molecule has 0 unspecified atom stereocenters. The van der Waals surface area contributed by atoms with Gasteiger partial charge < -0.3 is 9.88 Å². The summed E-state index contributed by atoms with van der Waals surface area (Å²) in [7, 11) is 0. The summed E-state index contributed by atoms with van der Waals surface area (Å²) in [6, 6.07) is 12.6. The third-order valence-corrected chi connectivity index (χ3v) is 4.73. The standard InChI is InChI=1S/C18H20N2OS/c1-2-20-10-9-15-12-14(5-7-17(15)20)6-8-18(21)19-13-16-4-3-11-22-16/h3-5,7,9-12H,2,6,8,13H2,1H3,(H,19,21). The first-order chi connectivity index (χ1) is 10.8. The molecule has 0 aliphatic heterocycles. The van der Waals surface area contributed by atoms with E-state index in [4.69, 9.17) is 0 Å². The number of nitrogens with zero attached hydrogens (tertiary/aromatic N) is 1. The van der Waals surface area contributed by atoms with Crippen LogP contribution in [0.4, 0.5) is 0 Å². The lowest BCUT2D eigenvalue weighted by Gasteiger charge is -2.05. The molecule has 4 heteroatoms. The van der Waals surface area contributed by atoms with E-state index in [1.54, 1.807) is 11.3 Å². The minimum Gasteiger partial charge on any atom is -0.351 e. The van der Waals surface area contributed by atoms with E-state index in [9.17, 15) is 4.79 Å². The van der Waals surface area contributed by atoms with Crippen molar-refractivity contribution in [3.05, 3.63) is 58.4 Å². The van der Waals surface area contributed by atoms with E-state index in [1.807, 2.05) is 17.5 Å². The Morgan fingerprint density at radius 3 is 2.95 bits per heavy atom. The van der Waals surface area contributed by atoms with E-state index in [1.165, 1.54) is 21.3 Å². The van der Waals surface area contributed by atoms with Crippen molar-refractivity contribution in [1.29, 1.82) is 0 Å². The van der Waals surface area contributed by atoms with Gasteiger partial charge in [-0.3, -0.25) is 4.79 Å². The fraction of sp³-hybridized carbons (Fsp3) is 0.278. The SMILES string of the molecule is CCn1ccc2cc(CCC(=O)NCc3cccs3)ccc21. The molecule has 3 aromatic rings. The maximum absolute atomic E-state index is 11.9. The molecule has 0 saturated carbocycles. The van der Waals surface area contributed by atoms with E-state index in [2.05, 4.69) is 47.3 Å². The van der Waals surface area contributed by atoms with Crippen LogP contribution in [0.3, 0.4) is 0 Å². The summed E-state index contributed by atoms with van der Waals surface area (Å²) in [5.74, 6) is 0.111. The highest BCUT2D eigenvalue weighted by Gasteiger charge is 2.05. The molecule has 2 aromatic heterocycles. The second kappa shape index (κ2) is 6.79. The number of aromatic nitrogens is 1. The Kier molecular flexibility index (Phi) is 4.59. The summed E-state index contributed by atoms with van der Waals surface area (Å²) in [5, 5.41) is 6.25. The number of fused-ring (bicyclic) bond motifs is 1. The van der Waals surface area contributed by atoms with Gasteiger partial charge in [0.2, 0.25) is 5.91 Å². The zero-order chi connectivity index (χ0) is 15.4. The first-order valence-corrected chi connectivity index (χ1v) is 8.51. The maximum atomic E-state index is 11.9. The molecule has 0 bridgehead atoms. The van der Waals surface area contributed by atoms with Crippen LogP contribution in [-0.4, -0.2) is 10.5 Å². The number of hydrogen-bond donors (Lipinski definition) is 1. The lowest BCUT2D eigenvalue weighted by molar-refractivity contribution is -0.121. The van der Waals surface area contributed by atoms with Gasteiger partial charge in [-0.2, -0.15) is 0 Å². The van der Waals surface area contributed by atoms with Gasteiger partial charge in [-0.15, -0.1) is 11.3 Å². The van der Waals surface area contributed by atoms with Gasteiger partial charge in [-0.1, -0.05) is 12.1 Å². The monoisotopic (exact) mass is 312 g/mol. The molecule has 2 heterocycles. The number of benzene rings is 1. The molecule has 0 saturated heterocycles. The van der Waals surface area contributed by atoms with Gasteiger partial charge >= 0.3 is 0 Å². The van der Waals surface area contributed by atoms with Crippen LogP contribution in [0.15, 0.2) is 48.0 Å². The Balaban J connectivity index is 1.55. The third-order valence-electron chi connectivity index (χ3n) is 3.86.